The van der Waals surface area contributed by atoms with E-state index in [0.717, 1.165) is 22.6 Å². The number of benzene rings is 2. The lowest BCUT2D eigenvalue weighted by molar-refractivity contribution is 0.156. The van der Waals surface area contributed by atoms with Crippen molar-refractivity contribution in [3.63, 3.8) is 0 Å². The first-order valence-electron chi connectivity index (χ1n) is 8.82. The number of nitrogens with zero attached hydrogens (tertiary/aromatic N) is 1. The molecule has 0 aromatic heterocycles. The number of carbonyl (C=O) groups is 1. The molecule has 0 aliphatic carbocycles. The van der Waals surface area contributed by atoms with Crippen molar-refractivity contribution in [3.05, 3.63) is 47.5 Å². The Hall–Kier alpha value is -3.09. The first kappa shape index (κ1) is 17.3. The number of carbonyl (C=O) groups excluding carboxylic acids is 1. The highest BCUT2D eigenvalue weighted by atomic mass is 16.6. The van der Waals surface area contributed by atoms with Crippen molar-refractivity contribution >= 4 is 11.8 Å². The van der Waals surface area contributed by atoms with E-state index in [1.165, 1.54) is 0 Å². The van der Waals surface area contributed by atoms with Gasteiger partial charge in [-0.1, -0.05) is 12.1 Å². The fourth-order valence-corrected chi connectivity index (χ4v) is 3.46. The van der Waals surface area contributed by atoms with E-state index in [0.29, 0.717) is 37.8 Å². The standard InChI is InChI=1S/C20H22N2O5/c1-24-18-6-3-13(9-19(18)25-2)7-15-11-26-20(23)22(15)10-14-4-5-17-16(8-14)21-12-27-17/h3-6,8-9,15,21H,7,10-12H2,1-2H3. The number of fused-ring (bicyclic) bond motifs is 1. The minimum Gasteiger partial charge on any atom is -0.493 e. The molecule has 0 bridgehead atoms. The average Bonchev–Trinajstić information content (AvgIpc) is 3.29. The molecule has 142 valence electrons. The summed E-state index contributed by atoms with van der Waals surface area (Å²) in [6, 6.07) is 11.7. The van der Waals surface area contributed by atoms with Gasteiger partial charge in [-0.2, -0.15) is 0 Å². The zero-order valence-corrected chi connectivity index (χ0v) is 15.4. The van der Waals surface area contributed by atoms with Crippen LogP contribution in [0.1, 0.15) is 11.1 Å². The molecule has 1 saturated heterocycles. The highest BCUT2D eigenvalue weighted by molar-refractivity contribution is 5.70. The fraction of sp³-hybridized carbons (Fsp3) is 0.350. The van der Waals surface area contributed by atoms with Crippen LogP contribution < -0.4 is 19.5 Å². The Kier molecular flexibility index (Phi) is 4.66. The largest absolute Gasteiger partial charge is 0.493 e. The van der Waals surface area contributed by atoms with Gasteiger partial charge in [0.2, 0.25) is 0 Å². The Labute approximate surface area is 157 Å². The number of nitrogens with one attached hydrogen (secondary N) is 1. The van der Waals surface area contributed by atoms with Gasteiger partial charge >= 0.3 is 6.09 Å². The van der Waals surface area contributed by atoms with Gasteiger partial charge in [-0.05, 0) is 41.8 Å². The van der Waals surface area contributed by atoms with E-state index in [1.54, 1.807) is 19.1 Å². The molecule has 1 unspecified atom stereocenters. The molecule has 4 rings (SSSR count). The third-order valence-electron chi connectivity index (χ3n) is 4.88. The molecule has 27 heavy (non-hydrogen) atoms. The summed E-state index contributed by atoms with van der Waals surface area (Å²) >= 11 is 0. The minimum atomic E-state index is -0.287. The summed E-state index contributed by atoms with van der Waals surface area (Å²) in [5.41, 5.74) is 3.05. The van der Waals surface area contributed by atoms with E-state index in [9.17, 15) is 4.79 Å². The number of hydrogen-bond acceptors (Lipinski definition) is 6. The summed E-state index contributed by atoms with van der Waals surface area (Å²) in [6.45, 7) is 1.34. The van der Waals surface area contributed by atoms with Crippen LogP contribution >= 0.6 is 0 Å². The third kappa shape index (κ3) is 3.45. The van der Waals surface area contributed by atoms with Gasteiger partial charge in [0.25, 0.3) is 0 Å². The minimum absolute atomic E-state index is 0.0342. The molecule has 2 aliphatic rings. The molecule has 2 heterocycles. The molecular weight excluding hydrogens is 348 g/mol. The lowest BCUT2D eigenvalue weighted by atomic mass is 10.0. The molecule has 0 spiro atoms. The van der Waals surface area contributed by atoms with E-state index in [4.69, 9.17) is 18.9 Å². The van der Waals surface area contributed by atoms with E-state index in [-0.39, 0.29) is 12.1 Å². The molecule has 2 aromatic rings. The number of amides is 1. The van der Waals surface area contributed by atoms with Crippen molar-refractivity contribution in [1.82, 2.24) is 4.90 Å². The van der Waals surface area contributed by atoms with Crippen molar-refractivity contribution in [2.45, 2.75) is 19.0 Å². The van der Waals surface area contributed by atoms with Crippen LogP contribution in [0, 0.1) is 0 Å². The predicted molar refractivity (Wildman–Crippen MR) is 99.5 cm³/mol. The topological polar surface area (TPSA) is 69.3 Å². The molecule has 1 N–H and O–H groups in total. The summed E-state index contributed by atoms with van der Waals surface area (Å²) in [6.07, 6.45) is 0.392. The van der Waals surface area contributed by atoms with Gasteiger partial charge in [0, 0.05) is 6.54 Å². The smallest absolute Gasteiger partial charge is 0.410 e. The van der Waals surface area contributed by atoms with Crippen molar-refractivity contribution in [2.75, 3.05) is 32.9 Å². The maximum Gasteiger partial charge on any atom is 0.410 e. The summed E-state index contributed by atoms with van der Waals surface area (Å²) in [7, 11) is 3.22. The van der Waals surface area contributed by atoms with Crippen LogP contribution in [0.2, 0.25) is 0 Å². The fourth-order valence-electron chi connectivity index (χ4n) is 3.46. The SMILES string of the molecule is COc1ccc(CC2COC(=O)N2Cc2ccc3c(c2)NCO3)cc1OC. The summed E-state index contributed by atoms with van der Waals surface area (Å²) in [5.74, 6) is 2.20. The number of rotatable bonds is 6. The van der Waals surface area contributed by atoms with E-state index in [2.05, 4.69) is 5.32 Å². The highest BCUT2D eigenvalue weighted by Crippen LogP contribution is 2.32. The quantitative estimate of drug-likeness (QED) is 0.843. The first-order chi connectivity index (χ1) is 13.2. The number of hydrogen-bond donors (Lipinski definition) is 1. The van der Waals surface area contributed by atoms with Gasteiger partial charge in [-0.15, -0.1) is 0 Å². The van der Waals surface area contributed by atoms with Crippen LogP contribution in [0.15, 0.2) is 36.4 Å². The van der Waals surface area contributed by atoms with E-state index >= 15 is 0 Å². The van der Waals surface area contributed by atoms with Crippen LogP contribution in [-0.4, -0.2) is 44.6 Å². The average molecular weight is 370 g/mol. The van der Waals surface area contributed by atoms with Gasteiger partial charge in [0.1, 0.15) is 12.4 Å². The highest BCUT2D eigenvalue weighted by Gasteiger charge is 2.33. The monoisotopic (exact) mass is 370 g/mol. The second kappa shape index (κ2) is 7.26. The maximum absolute atomic E-state index is 12.3. The van der Waals surface area contributed by atoms with E-state index in [1.807, 2.05) is 36.4 Å². The lowest BCUT2D eigenvalue weighted by Gasteiger charge is -2.22. The summed E-state index contributed by atoms with van der Waals surface area (Å²) in [5, 5.41) is 3.17. The van der Waals surface area contributed by atoms with Crippen LogP contribution in [0.5, 0.6) is 17.2 Å². The second-order valence-corrected chi connectivity index (χ2v) is 6.55. The van der Waals surface area contributed by atoms with Gasteiger partial charge in [0.15, 0.2) is 18.2 Å². The van der Waals surface area contributed by atoms with Gasteiger partial charge in [0.05, 0.1) is 25.9 Å². The molecule has 0 saturated carbocycles. The summed E-state index contributed by atoms with van der Waals surface area (Å²) in [4.78, 5) is 14.0. The summed E-state index contributed by atoms with van der Waals surface area (Å²) < 4.78 is 21.4. The van der Waals surface area contributed by atoms with Crippen molar-refractivity contribution in [3.8, 4) is 17.2 Å². The van der Waals surface area contributed by atoms with Crippen LogP contribution in [0.4, 0.5) is 10.5 Å². The van der Waals surface area contributed by atoms with Crippen molar-refractivity contribution in [1.29, 1.82) is 0 Å². The number of anilines is 1. The molecule has 0 radical (unpaired) electrons. The Morgan fingerprint density at radius 1 is 1.07 bits per heavy atom. The molecule has 2 aliphatic heterocycles. The molecule has 1 amide bonds. The molecule has 1 atom stereocenters. The van der Waals surface area contributed by atoms with Crippen molar-refractivity contribution in [2.24, 2.45) is 0 Å². The van der Waals surface area contributed by atoms with Gasteiger partial charge < -0.3 is 24.3 Å². The van der Waals surface area contributed by atoms with Gasteiger partial charge in [-0.3, -0.25) is 4.90 Å². The van der Waals surface area contributed by atoms with Crippen LogP contribution in [0.25, 0.3) is 0 Å². The second-order valence-electron chi connectivity index (χ2n) is 6.55. The van der Waals surface area contributed by atoms with Crippen LogP contribution in [0.3, 0.4) is 0 Å². The zero-order chi connectivity index (χ0) is 18.8. The molecule has 7 heteroatoms. The normalized spacial score (nSPS) is 17.8. The zero-order valence-electron chi connectivity index (χ0n) is 15.4. The number of ether oxygens (including phenoxy) is 4. The maximum atomic E-state index is 12.3. The molecule has 2 aromatic carbocycles. The Bertz CT molecular complexity index is 854. The van der Waals surface area contributed by atoms with E-state index < -0.39 is 0 Å². The van der Waals surface area contributed by atoms with Gasteiger partial charge in [-0.25, -0.2) is 4.79 Å². The first-order valence-corrected chi connectivity index (χ1v) is 8.82. The molecule has 1 fully saturated rings. The Morgan fingerprint density at radius 2 is 1.89 bits per heavy atom. The number of methoxy groups -OCH3 is 2. The number of cyclic esters (lactones) is 1. The Morgan fingerprint density at radius 3 is 2.70 bits per heavy atom. The molecule has 7 nitrogen and oxygen atoms in total. The van der Waals surface area contributed by atoms with Crippen molar-refractivity contribution < 1.29 is 23.7 Å². The third-order valence-corrected chi connectivity index (χ3v) is 4.88. The van der Waals surface area contributed by atoms with Crippen LogP contribution in [-0.2, 0) is 17.7 Å². The molecular formula is C20H22N2O5. The lowest BCUT2D eigenvalue weighted by Crippen LogP contribution is -2.34. The Balaban J connectivity index is 1.50. The predicted octanol–water partition coefficient (Wildman–Crippen LogP) is 3.03.